The van der Waals surface area contributed by atoms with E-state index in [0.717, 1.165) is 0 Å². The average Bonchev–Trinajstić information content (AvgIpc) is 2.55. The lowest BCUT2D eigenvalue weighted by Gasteiger charge is -2.09. The molecule has 1 amide bonds. The van der Waals surface area contributed by atoms with Crippen LogP contribution in [0.5, 0.6) is 5.75 Å². The number of hydrogen-bond donors (Lipinski definition) is 1. The number of benzene rings is 2. The maximum atomic E-state index is 12.0. The summed E-state index contributed by atoms with van der Waals surface area (Å²) in [7, 11) is 1.50. The van der Waals surface area contributed by atoms with Crippen molar-refractivity contribution in [1.82, 2.24) is 0 Å². The number of carbonyl (C=O) groups excluding carboxylic acids is 2. The molecule has 0 spiro atoms. The normalized spacial score (nSPS) is 10.0. The molecule has 2 aromatic carbocycles. The number of methoxy groups -OCH3 is 1. The molecule has 0 aliphatic carbocycles. The monoisotopic (exact) mass is 397 g/mol. The van der Waals surface area contributed by atoms with Crippen molar-refractivity contribution in [2.45, 2.75) is 0 Å². The Kier molecular flexibility index (Phi) is 6.01. The second-order valence-electron chi connectivity index (χ2n) is 4.48. The van der Waals surface area contributed by atoms with E-state index in [1.54, 1.807) is 36.4 Å². The van der Waals surface area contributed by atoms with Gasteiger partial charge in [-0.25, -0.2) is 4.79 Å². The fourth-order valence-electron chi connectivity index (χ4n) is 1.73. The van der Waals surface area contributed by atoms with Gasteiger partial charge < -0.3 is 14.8 Å². The predicted octanol–water partition coefficient (Wildman–Crippen LogP) is 3.91. The summed E-state index contributed by atoms with van der Waals surface area (Å²) in [6, 6.07) is 11.5. The molecule has 0 atom stereocenters. The average molecular weight is 399 g/mol. The van der Waals surface area contributed by atoms with Crippen molar-refractivity contribution in [2.75, 3.05) is 19.0 Å². The molecular formula is C16H13BrClNO4. The van der Waals surface area contributed by atoms with E-state index in [1.165, 1.54) is 13.2 Å². The number of halogens is 2. The topological polar surface area (TPSA) is 64.6 Å². The van der Waals surface area contributed by atoms with Crippen molar-refractivity contribution in [3.05, 3.63) is 57.5 Å². The summed E-state index contributed by atoms with van der Waals surface area (Å²) < 4.78 is 10.6. The van der Waals surface area contributed by atoms with Gasteiger partial charge in [-0.1, -0.05) is 11.6 Å². The lowest BCUT2D eigenvalue weighted by molar-refractivity contribution is -0.119. The van der Waals surface area contributed by atoms with Gasteiger partial charge in [-0.2, -0.15) is 0 Å². The smallest absolute Gasteiger partial charge is 0.339 e. The lowest BCUT2D eigenvalue weighted by atomic mass is 10.2. The number of anilines is 1. The highest BCUT2D eigenvalue weighted by Gasteiger charge is 2.14. The molecule has 0 saturated heterocycles. The number of ether oxygens (including phenoxy) is 2. The molecule has 0 aliphatic heterocycles. The van der Waals surface area contributed by atoms with E-state index >= 15 is 0 Å². The van der Waals surface area contributed by atoms with Crippen LogP contribution in [0.15, 0.2) is 46.9 Å². The molecule has 2 aromatic rings. The highest BCUT2D eigenvalue weighted by atomic mass is 79.9. The Morgan fingerprint density at radius 2 is 1.87 bits per heavy atom. The van der Waals surface area contributed by atoms with Crippen LogP contribution in [-0.4, -0.2) is 25.6 Å². The maximum absolute atomic E-state index is 12.0. The molecule has 23 heavy (non-hydrogen) atoms. The van der Waals surface area contributed by atoms with Crippen LogP contribution in [0.1, 0.15) is 10.4 Å². The molecule has 0 fully saturated rings. The summed E-state index contributed by atoms with van der Waals surface area (Å²) in [5, 5.41) is 3.17. The summed E-state index contributed by atoms with van der Waals surface area (Å²) in [6.07, 6.45) is 0. The van der Waals surface area contributed by atoms with Crippen LogP contribution in [0.3, 0.4) is 0 Å². The molecule has 0 unspecified atom stereocenters. The van der Waals surface area contributed by atoms with E-state index in [4.69, 9.17) is 21.1 Å². The second kappa shape index (κ2) is 7.99. The molecule has 5 nitrogen and oxygen atoms in total. The van der Waals surface area contributed by atoms with Crippen LogP contribution >= 0.6 is 27.5 Å². The van der Waals surface area contributed by atoms with Gasteiger partial charge in [0.2, 0.25) is 0 Å². The Morgan fingerprint density at radius 1 is 1.17 bits per heavy atom. The van der Waals surface area contributed by atoms with E-state index in [2.05, 4.69) is 21.2 Å². The van der Waals surface area contributed by atoms with Crippen LogP contribution in [0.25, 0.3) is 0 Å². The first-order valence-electron chi connectivity index (χ1n) is 6.55. The zero-order valence-electron chi connectivity index (χ0n) is 12.1. The molecule has 2 rings (SSSR count). The third-order valence-electron chi connectivity index (χ3n) is 2.86. The number of rotatable bonds is 5. The van der Waals surface area contributed by atoms with E-state index in [-0.39, 0.29) is 5.56 Å². The second-order valence-corrected chi connectivity index (χ2v) is 5.77. The SMILES string of the molecule is COc1ccc(Br)c(C(=O)OCC(=O)Nc2ccc(Cl)cc2)c1. The first-order chi connectivity index (χ1) is 11.0. The minimum atomic E-state index is -0.623. The van der Waals surface area contributed by atoms with Crippen molar-refractivity contribution in [3.8, 4) is 5.75 Å². The summed E-state index contributed by atoms with van der Waals surface area (Å²) in [6.45, 7) is -0.398. The molecule has 0 aliphatic rings. The first kappa shape index (κ1) is 17.3. The minimum Gasteiger partial charge on any atom is -0.497 e. The van der Waals surface area contributed by atoms with E-state index in [9.17, 15) is 9.59 Å². The molecule has 120 valence electrons. The Balaban J connectivity index is 1.93. The van der Waals surface area contributed by atoms with E-state index in [0.29, 0.717) is 20.9 Å². The fourth-order valence-corrected chi connectivity index (χ4v) is 2.26. The molecule has 0 heterocycles. The third-order valence-corrected chi connectivity index (χ3v) is 3.80. The van der Waals surface area contributed by atoms with Gasteiger partial charge in [0.1, 0.15) is 5.75 Å². The van der Waals surface area contributed by atoms with Crippen LogP contribution in [0, 0.1) is 0 Å². The van der Waals surface area contributed by atoms with Gasteiger partial charge in [-0.15, -0.1) is 0 Å². The van der Waals surface area contributed by atoms with Crippen molar-refractivity contribution < 1.29 is 19.1 Å². The van der Waals surface area contributed by atoms with Crippen LogP contribution in [-0.2, 0) is 9.53 Å². The molecule has 7 heteroatoms. The van der Waals surface area contributed by atoms with Crippen LogP contribution < -0.4 is 10.1 Å². The zero-order chi connectivity index (χ0) is 16.8. The standard InChI is InChI=1S/C16H13BrClNO4/c1-22-12-6-7-14(17)13(8-12)16(21)23-9-15(20)19-11-4-2-10(18)3-5-11/h2-8H,9H2,1H3,(H,19,20). The third kappa shape index (κ3) is 4.97. The minimum absolute atomic E-state index is 0.281. The highest BCUT2D eigenvalue weighted by Crippen LogP contribution is 2.23. The molecular weight excluding hydrogens is 386 g/mol. The summed E-state index contributed by atoms with van der Waals surface area (Å²) in [5.74, 6) is -0.549. The maximum Gasteiger partial charge on any atom is 0.339 e. The lowest BCUT2D eigenvalue weighted by Crippen LogP contribution is -2.21. The number of nitrogens with one attached hydrogen (secondary N) is 1. The molecule has 0 radical (unpaired) electrons. The Morgan fingerprint density at radius 3 is 2.52 bits per heavy atom. The molecule has 0 aromatic heterocycles. The number of amides is 1. The fraction of sp³-hybridized carbons (Fsp3) is 0.125. The zero-order valence-corrected chi connectivity index (χ0v) is 14.5. The van der Waals surface area contributed by atoms with Gasteiger partial charge in [-0.05, 0) is 58.4 Å². The number of hydrogen-bond acceptors (Lipinski definition) is 4. The largest absolute Gasteiger partial charge is 0.497 e. The van der Waals surface area contributed by atoms with Gasteiger partial charge in [0.25, 0.3) is 5.91 Å². The van der Waals surface area contributed by atoms with Crippen molar-refractivity contribution in [3.63, 3.8) is 0 Å². The van der Waals surface area contributed by atoms with Gasteiger partial charge in [0.05, 0.1) is 12.7 Å². The van der Waals surface area contributed by atoms with Gasteiger partial charge in [0, 0.05) is 15.2 Å². The molecule has 1 N–H and O–H groups in total. The summed E-state index contributed by atoms with van der Waals surface area (Å²) in [4.78, 5) is 23.8. The van der Waals surface area contributed by atoms with Crippen molar-refractivity contribution in [1.29, 1.82) is 0 Å². The van der Waals surface area contributed by atoms with Crippen LogP contribution in [0.4, 0.5) is 5.69 Å². The predicted molar refractivity (Wildman–Crippen MR) is 91.1 cm³/mol. The Hall–Kier alpha value is -2.05. The van der Waals surface area contributed by atoms with Crippen molar-refractivity contribution >= 4 is 45.1 Å². The van der Waals surface area contributed by atoms with E-state index < -0.39 is 18.5 Å². The van der Waals surface area contributed by atoms with Gasteiger partial charge in [-0.3, -0.25) is 4.79 Å². The summed E-state index contributed by atoms with van der Waals surface area (Å²) >= 11 is 9.02. The highest BCUT2D eigenvalue weighted by molar-refractivity contribution is 9.10. The van der Waals surface area contributed by atoms with Crippen molar-refractivity contribution in [2.24, 2.45) is 0 Å². The van der Waals surface area contributed by atoms with Crippen LogP contribution in [0.2, 0.25) is 5.02 Å². The number of carbonyl (C=O) groups is 2. The van der Waals surface area contributed by atoms with E-state index in [1.807, 2.05) is 0 Å². The van der Waals surface area contributed by atoms with Gasteiger partial charge in [0.15, 0.2) is 6.61 Å². The molecule has 0 bridgehead atoms. The van der Waals surface area contributed by atoms with Gasteiger partial charge >= 0.3 is 5.97 Å². The Labute approximate surface area is 146 Å². The summed E-state index contributed by atoms with van der Waals surface area (Å²) in [5.41, 5.74) is 0.849. The molecule has 0 saturated carbocycles. The first-order valence-corrected chi connectivity index (χ1v) is 7.73. The Bertz CT molecular complexity index is 719. The quantitative estimate of drug-likeness (QED) is 0.776. The number of esters is 1.